The Kier molecular flexibility index (Phi) is 4.79. The number of hydrogen-bond donors (Lipinski definition) is 1. The highest BCUT2D eigenvalue weighted by Crippen LogP contribution is 2.52. The molecule has 0 saturated carbocycles. The Bertz CT molecular complexity index is 1290. The summed E-state index contributed by atoms with van der Waals surface area (Å²) in [6, 6.07) is 20.7. The van der Waals surface area contributed by atoms with Crippen molar-refractivity contribution in [3.05, 3.63) is 105 Å². The summed E-state index contributed by atoms with van der Waals surface area (Å²) in [6.07, 6.45) is -0.926. The van der Waals surface area contributed by atoms with Gasteiger partial charge in [-0.05, 0) is 32.0 Å². The zero-order valence-electron chi connectivity index (χ0n) is 17.5. The van der Waals surface area contributed by atoms with Crippen LogP contribution in [0.2, 0.25) is 5.02 Å². The Morgan fingerprint density at radius 3 is 2.12 bits per heavy atom. The number of hydrogen-bond acceptors (Lipinski definition) is 4. The molecule has 1 N–H and O–H groups in total. The lowest BCUT2D eigenvalue weighted by molar-refractivity contribution is -0.151. The summed E-state index contributed by atoms with van der Waals surface area (Å²) < 4.78 is 11.9. The van der Waals surface area contributed by atoms with E-state index in [1.54, 1.807) is 18.2 Å². The molecule has 0 radical (unpaired) electrons. The van der Waals surface area contributed by atoms with E-state index in [1.165, 1.54) is 0 Å². The van der Waals surface area contributed by atoms with E-state index in [0.717, 1.165) is 11.1 Å². The minimum absolute atomic E-state index is 0.254. The Labute approximate surface area is 189 Å². The first-order valence-corrected chi connectivity index (χ1v) is 10.6. The maximum Gasteiger partial charge on any atom is 0.356 e. The van der Waals surface area contributed by atoms with E-state index in [-0.39, 0.29) is 5.69 Å². The van der Waals surface area contributed by atoms with Crippen molar-refractivity contribution in [2.24, 2.45) is 0 Å². The molecule has 1 aliphatic heterocycles. The van der Waals surface area contributed by atoms with Crippen LogP contribution in [0.5, 0.6) is 0 Å². The predicted molar refractivity (Wildman–Crippen MR) is 122 cm³/mol. The molecule has 1 aliphatic rings. The summed E-state index contributed by atoms with van der Waals surface area (Å²) >= 11 is 6.28. The van der Waals surface area contributed by atoms with E-state index >= 15 is 0 Å². The maximum atomic E-state index is 13.4. The van der Waals surface area contributed by atoms with Crippen molar-refractivity contribution in [3.8, 4) is 0 Å². The van der Waals surface area contributed by atoms with Crippen LogP contribution in [0, 0.1) is 13.8 Å². The molecule has 5 nitrogen and oxygen atoms in total. The van der Waals surface area contributed by atoms with Gasteiger partial charge in [-0.25, -0.2) is 4.79 Å². The van der Waals surface area contributed by atoms with Crippen LogP contribution in [0.15, 0.2) is 66.7 Å². The van der Waals surface area contributed by atoms with Crippen LogP contribution in [0.1, 0.15) is 44.4 Å². The van der Waals surface area contributed by atoms with Gasteiger partial charge in [-0.3, -0.25) is 4.79 Å². The first-order valence-electron chi connectivity index (χ1n) is 10.2. The number of aromatic amines is 1. The molecule has 0 aliphatic carbocycles. The van der Waals surface area contributed by atoms with Gasteiger partial charge in [-0.1, -0.05) is 71.3 Å². The Morgan fingerprint density at radius 2 is 1.56 bits per heavy atom. The van der Waals surface area contributed by atoms with Crippen LogP contribution < -0.4 is 0 Å². The number of aryl methyl sites for hydroxylation is 2. The third kappa shape index (κ3) is 3.00. The molecule has 3 aromatic carbocycles. The van der Waals surface area contributed by atoms with Gasteiger partial charge in [0.15, 0.2) is 6.10 Å². The minimum atomic E-state index is -1.37. The second kappa shape index (κ2) is 7.53. The molecule has 32 heavy (non-hydrogen) atoms. The number of fused-ring (bicyclic) bond motifs is 3. The Hall–Kier alpha value is -3.57. The van der Waals surface area contributed by atoms with Crippen LogP contribution in [0.4, 0.5) is 0 Å². The largest absolute Gasteiger partial charge is 0.454 e. The van der Waals surface area contributed by atoms with E-state index in [0.29, 0.717) is 39.1 Å². The molecule has 1 unspecified atom stereocenters. The zero-order valence-corrected chi connectivity index (χ0v) is 18.3. The first-order chi connectivity index (χ1) is 15.4. The lowest BCUT2D eigenvalue weighted by atomic mass is 9.76. The van der Waals surface area contributed by atoms with E-state index in [2.05, 4.69) is 4.98 Å². The number of cyclic esters (lactones) is 1. The number of esters is 1. The fourth-order valence-electron chi connectivity index (χ4n) is 4.48. The summed E-state index contributed by atoms with van der Waals surface area (Å²) in [6.45, 7) is 4.36. The fraction of sp³-hybridized carbons (Fsp3) is 0.154. The second-order valence-electron chi connectivity index (χ2n) is 8.07. The van der Waals surface area contributed by atoms with Crippen molar-refractivity contribution < 1.29 is 19.1 Å². The van der Waals surface area contributed by atoms with Crippen LogP contribution in [0.25, 0.3) is 10.9 Å². The number of rotatable bonds is 4. The molecular formula is C26H20ClNO4. The number of carbonyl (C=O) groups excluding carboxylic acids is 2. The van der Waals surface area contributed by atoms with Crippen LogP contribution in [-0.2, 0) is 19.9 Å². The second-order valence-corrected chi connectivity index (χ2v) is 8.51. The van der Waals surface area contributed by atoms with Crippen molar-refractivity contribution in [2.75, 3.05) is 0 Å². The summed E-state index contributed by atoms with van der Waals surface area (Å²) in [7, 11) is 0. The van der Waals surface area contributed by atoms with Crippen molar-refractivity contribution in [1.29, 1.82) is 0 Å². The molecule has 1 atom stereocenters. The molecule has 5 rings (SSSR count). The number of aromatic nitrogens is 1. The fourth-order valence-corrected chi connectivity index (χ4v) is 4.65. The summed E-state index contributed by atoms with van der Waals surface area (Å²) in [5.41, 5.74) is 3.66. The SMILES string of the molecule is Cc1ccc(C2(c3ccc(C)cc3)OC(=O)c3[nH]c4ccc(Cl)cc4c3C2OC=O)cc1. The molecule has 6 heteroatoms. The van der Waals surface area contributed by atoms with Gasteiger partial charge in [-0.15, -0.1) is 0 Å². The summed E-state index contributed by atoms with van der Waals surface area (Å²) in [5.74, 6) is -0.528. The van der Waals surface area contributed by atoms with Crippen LogP contribution in [-0.4, -0.2) is 17.4 Å². The van der Waals surface area contributed by atoms with Gasteiger partial charge < -0.3 is 14.5 Å². The molecule has 0 spiro atoms. The quantitative estimate of drug-likeness (QED) is 0.320. The molecule has 0 bridgehead atoms. The smallest absolute Gasteiger partial charge is 0.356 e. The number of benzene rings is 3. The Morgan fingerprint density at radius 1 is 0.969 bits per heavy atom. The lowest BCUT2D eigenvalue weighted by Crippen LogP contribution is -2.45. The van der Waals surface area contributed by atoms with E-state index in [1.807, 2.05) is 62.4 Å². The number of carbonyl (C=O) groups is 2. The Balaban J connectivity index is 1.87. The van der Waals surface area contributed by atoms with Gasteiger partial charge in [0.1, 0.15) is 5.69 Å². The molecule has 0 saturated heterocycles. The van der Waals surface area contributed by atoms with Gasteiger partial charge in [0.2, 0.25) is 5.60 Å². The highest BCUT2D eigenvalue weighted by atomic mass is 35.5. The number of nitrogens with one attached hydrogen (secondary N) is 1. The number of H-pyrrole nitrogens is 1. The minimum Gasteiger partial charge on any atom is -0.454 e. The monoisotopic (exact) mass is 445 g/mol. The molecule has 2 heterocycles. The molecule has 0 amide bonds. The van der Waals surface area contributed by atoms with Crippen molar-refractivity contribution in [1.82, 2.24) is 4.98 Å². The van der Waals surface area contributed by atoms with Gasteiger partial charge in [0.25, 0.3) is 6.47 Å². The lowest BCUT2D eigenvalue weighted by Gasteiger charge is -2.42. The highest BCUT2D eigenvalue weighted by Gasteiger charge is 2.54. The molecule has 1 aromatic heterocycles. The van der Waals surface area contributed by atoms with Crippen LogP contribution >= 0.6 is 11.6 Å². The average Bonchev–Trinajstić information content (AvgIpc) is 3.16. The normalized spacial score (nSPS) is 17.0. The van der Waals surface area contributed by atoms with Gasteiger partial charge in [-0.2, -0.15) is 0 Å². The van der Waals surface area contributed by atoms with E-state index in [9.17, 15) is 9.59 Å². The topological polar surface area (TPSA) is 68.4 Å². The first kappa shape index (κ1) is 20.3. The van der Waals surface area contributed by atoms with Crippen molar-refractivity contribution in [2.45, 2.75) is 25.6 Å². The predicted octanol–water partition coefficient (Wildman–Crippen LogP) is 5.77. The number of ether oxygens (including phenoxy) is 2. The van der Waals surface area contributed by atoms with Crippen molar-refractivity contribution in [3.63, 3.8) is 0 Å². The van der Waals surface area contributed by atoms with Gasteiger partial charge in [0, 0.05) is 32.6 Å². The molecular weight excluding hydrogens is 426 g/mol. The third-order valence-corrected chi connectivity index (χ3v) is 6.28. The molecule has 160 valence electrons. The molecule has 0 fully saturated rings. The standard InChI is InChI=1S/C26H20ClNO4/c1-15-3-7-17(8-4-15)26(18-9-5-16(2)6-10-18)24(31-14-29)22-20-13-19(27)11-12-21(20)28-23(22)25(30)32-26/h3-14,24,28H,1-2H3. The zero-order chi connectivity index (χ0) is 22.5. The van der Waals surface area contributed by atoms with Gasteiger partial charge in [0.05, 0.1) is 0 Å². The molecule has 4 aromatic rings. The maximum absolute atomic E-state index is 13.4. The van der Waals surface area contributed by atoms with Crippen LogP contribution in [0.3, 0.4) is 0 Å². The van der Waals surface area contributed by atoms with E-state index < -0.39 is 17.7 Å². The number of halogens is 1. The summed E-state index contributed by atoms with van der Waals surface area (Å²) in [5, 5.41) is 1.22. The van der Waals surface area contributed by atoms with Gasteiger partial charge >= 0.3 is 5.97 Å². The van der Waals surface area contributed by atoms with E-state index in [4.69, 9.17) is 21.1 Å². The van der Waals surface area contributed by atoms with Crippen molar-refractivity contribution >= 4 is 34.9 Å². The average molecular weight is 446 g/mol. The highest BCUT2D eigenvalue weighted by molar-refractivity contribution is 6.31. The third-order valence-electron chi connectivity index (χ3n) is 6.04. The summed E-state index contributed by atoms with van der Waals surface area (Å²) in [4.78, 5) is 28.2.